The topological polar surface area (TPSA) is 72.7 Å². The minimum Gasteiger partial charge on any atom is -0.310 e. The molecule has 0 spiro atoms. The summed E-state index contributed by atoms with van der Waals surface area (Å²) in [6.07, 6.45) is 3.52. The van der Waals surface area contributed by atoms with Crippen LogP contribution < -0.4 is 5.32 Å². The lowest BCUT2D eigenvalue weighted by molar-refractivity contribution is -0.118. The fourth-order valence-corrected chi connectivity index (χ4v) is 3.15. The molecular weight excluding hydrogens is 278 g/mol. The molecule has 2 heterocycles. The molecule has 6 heteroatoms. The summed E-state index contributed by atoms with van der Waals surface area (Å²) in [4.78, 5) is 16.7. The van der Waals surface area contributed by atoms with Gasteiger partial charge in [-0.1, -0.05) is 32.9 Å². The maximum absolute atomic E-state index is 12.4. The Hall–Kier alpha value is -2.24. The van der Waals surface area contributed by atoms with E-state index >= 15 is 0 Å². The quantitative estimate of drug-likeness (QED) is 0.945. The number of anilines is 1. The van der Waals surface area contributed by atoms with Gasteiger partial charge in [-0.3, -0.25) is 9.48 Å². The number of aryl methyl sites for hydroxylation is 1. The van der Waals surface area contributed by atoms with E-state index in [-0.39, 0.29) is 22.7 Å². The fourth-order valence-electron chi connectivity index (χ4n) is 3.15. The molecule has 1 saturated carbocycles. The van der Waals surface area contributed by atoms with Gasteiger partial charge in [0.15, 0.2) is 0 Å². The number of carbonyl (C=O) groups excluding carboxylic acids is 1. The Morgan fingerprint density at radius 1 is 1.23 bits per heavy atom. The first kappa shape index (κ1) is 14.7. The van der Waals surface area contributed by atoms with Crippen molar-refractivity contribution in [3.63, 3.8) is 0 Å². The summed E-state index contributed by atoms with van der Waals surface area (Å²) in [6, 6.07) is 3.68. The van der Waals surface area contributed by atoms with E-state index in [1.165, 1.54) is 0 Å². The average Bonchev–Trinajstić information content (AvgIpc) is 2.75. The molecule has 0 unspecified atom stereocenters. The molecule has 6 nitrogen and oxygen atoms in total. The zero-order valence-corrected chi connectivity index (χ0v) is 13.6. The highest BCUT2D eigenvalue weighted by Crippen LogP contribution is 2.68. The van der Waals surface area contributed by atoms with Crippen molar-refractivity contribution in [3.05, 3.63) is 24.5 Å². The summed E-state index contributed by atoms with van der Waals surface area (Å²) in [5, 5.41) is 10.8. The normalized spacial score (nSPS) is 19.0. The van der Waals surface area contributed by atoms with Crippen molar-refractivity contribution in [1.29, 1.82) is 0 Å². The van der Waals surface area contributed by atoms with Gasteiger partial charge in [0.05, 0.1) is 6.20 Å². The molecule has 3 rings (SSSR count). The standard InChI is InChI=1S/C16H21N5O/c1-15(2)13(16(15,3)4)14(22)18-12-7-6-10(8-17-12)11-9-21(5)20-19-11/h6-9,13H,1-5H3,(H,17,18,22). The summed E-state index contributed by atoms with van der Waals surface area (Å²) in [5.74, 6) is 0.618. The molecule has 0 aromatic carbocycles. The van der Waals surface area contributed by atoms with Crippen molar-refractivity contribution in [2.75, 3.05) is 5.32 Å². The third-order valence-electron chi connectivity index (χ3n) is 5.20. The van der Waals surface area contributed by atoms with E-state index in [9.17, 15) is 4.79 Å². The highest BCUT2D eigenvalue weighted by molar-refractivity contribution is 5.95. The zero-order chi connectivity index (χ0) is 16.1. The number of nitrogens with zero attached hydrogens (tertiary/aromatic N) is 4. The van der Waals surface area contributed by atoms with E-state index in [2.05, 4.69) is 48.3 Å². The number of nitrogens with one attached hydrogen (secondary N) is 1. The lowest BCUT2D eigenvalue weighted by Crippen LogP contribution is -2.18. The van der Waals surface area contributed by atoms with E-state index in [1.54, 1.807) is 16.9 Å². The summed E-state index contributed by atoms with van der Waals surface area (Å²) in [7, 11) is 1.82. The van der Waals surface area contributed by atoms with Crippen molar-refractivity contribution in [1.82, 2.24) is 20.0 Å². The van der Waals surface area contributed by atoms with Crippen LogP contribution >= 0.6 is 0 Å². The largest absolute Gasteiger partial charge is 0.310 e. The van der Waals surface area contributed by atoms with Crippen LogP contribution in [0.1, 0.15) is 27.7 Å². The van der Waals surface area contributed by atoms with Crippen LogP contribution in [0, 0.1) is 16.7 Å². The van der Waals surface area contributed by atoms with Crippen LogP contribution in [0.3, 0.4) is 0 Å². The van der Waals surface area contributed by atoms with Crippen molar-refractivity contribution in [2.45, 2.75) is 27.7 Å². The number of hydrogen-bond donors (Lipinski definition) is 1. The third-order valence-corrected chi connectivity index (χ3v) is 5.20. The molecule has 1 aliphatic carbocycles. The van der Waals surface area contributed by atoms with Crippen molar-refractivity contribution in [3.8, 4) is 11.3 Å². The highest BCUT2D eigenvalue weighted by Gasteiger charge is 2.68. The van der Waals surface area contributed by atoms with Crippen molar-refractivity contribution < 1.29 is 4.79 Å². The predicted octanol–water partition coefficient (Wildman–Crippen LogP) is 2.50. The van der Waals surface area contributed by atoms with Crippen molar-refractivity contribution in [2.24, 2.45) is 23.8 Å². The second-order valence-corrected chi connectivity index (χ2v) is 7.08. The van der Waals surface area contributed by atoms with Crippen LogP contribution in [0.15, 0.2) is 24.5 Å². The number of carbonyl (C=O) groups is 1. The number of rotatable bonds is 3. The van der Waals surface area contributed by atoms with Gasteiger partial charge in [0, 0.05) is 24.7 Å². The first-order valence-corrected chi connectivity index (χ1v) is 7.37. The Labute approximate surface area is 129 Å². The Balaban J connectivity index is 1.71. The maximum atomic E-state index is 12.4. The second kappa shape index (κ2) is 4.63. The van der Waals surface area contributed by atoms with Gasteiger partial charge in [0.1, 0.15) is 11.5 Å². The van der Waals surface area contributed by atoms with Crippen LogP contribution in [-0.2, 0) is 11.8 Å². The molecule has 0 aliphatic heterocycles. The van der Waals surface area contributed by atoms with Gasteiger partial charge >= 0.3 is 0 Å². The van der Waals surface area contributed by atoms with E-state index in [0.717, 1.165) is 11.3 Å². The number of amides is 1. The van der Waals surface area contributed by atoms with Crippen LogP contribution in [0.5, 0.6) is 0 Å². The van der Waals surface area contributed by atoms with Crippen LogP contribution in [0.4, 0.5) is 5.82 Å². The molecule has 0 bridgehead atoms. The molecule has 0 radical (unpaired) electrons. The highest BCUT2D eigenvalue weighted by atomic mass is 16.2. The SMILES string of the molecule is Cn1cc(-c2ccc(NC(=O)C3C(C)(C)C3(C)C)nc2)nn1. The second-order valence-electron chi connectivity index (χ2n) is 7.08. The predicted molar refractivity (Wildman–Crippen MR) is 83.9 cm³/mol. The van der Waals surface area contributed by atoms with Gasteiger partial charge < -0.3 is 5.32 Å². The van der Waals surface area contributed by atoms with Gasteiger partial charge in [-0.2, -0.15) is 0 Å². The summed E-state index contributed by atoms with van der Waals surface area (Å²) < 4.78 is 1.64. The zero-order valence-electron chi connectivity index (χ0n) is 13.6. The minimum absolute atomic E-state index is 0.0152. The molecule has 1 fully saturated rings. The summed E-state index contributed by atoms with van der Waals surface area (Å²) >= 11 is 0. The molecule has 22 heavy (non-hydrogen) atoms. The van der Waals surface area contributed by atoms with Gasteiger partial charge in [-0.15, -0.1) is 5.10 Å². The molecule has 1 N–H and O–H groups in total. The molecule has 0 atom stereocenters. The van der Waals surface area contributed by atoms with Gasteiger partial charge in [-0.25, -0.2) is 4.98 Å². The lowest BCUT2D eigenvalue weighted by atomic mass is 10.0. The van der Waals surface area contributed by atoms with E-state index in [1.807, 2.05) is 19.3 Å². The fraction of sp³-hybridized carbons (Fsp3) is 0.500. The molecule has 2 aromatic heterocycles. The number of aromatic nitrogens is 4. The average molecular weight is 299 g/mol. The van der Waals surface area contributed by atoms with E-state index in [4.69, 9.17) is 0 Å². The van der Waals surface area contributed by atoms with E-state index in [0.29, 0.717) is 5.82 Å². The monoisotopic (exact) mass is 299 g/mol. The smallest absolute Gasteiger partial charge is 0.229 e. The minimum atomic E-state index is 0.0152. The van der Waals surface area contributed by atoms with Crippen LogP contribution in [0.25, 0.3) is 11.3 Å². The third kappa shape index (κ3) is 2.19. The summed E-state index contributed by atoms with van der Waals surface area (Å²) in [5.41, 5.74) is 1.68. The Morgan fingerprint density at radius 3 is 2.36 bits per heavy atom. The maximum Gasteiger partial charge on any atom is 0.229 e. The first-order chi connectivity index (χ1) is 10.2. The molecular formula is C16H21N5O. The number of hydrogen-bond acceptors (Lipinski definition) is 4. The van der Waals surface area contributed by atoms with Crippen LogP contribution in [-0.4, -0.2) is 25.9 Å². The molecule has 2 aromatic rings. The van der Waals surface area contributed by atoms with Crippen LogP contribution in [0.2, 0.25) is 0 Å². The first-order valence-electron chi connectivity index (χ1n) is 7.37. The molecule has 1 aliphatic rings. The lowest BCUT2D eigenvalue weighted by Gasteiger charge is -2.06. The molecule has 0 saturated heterocycles. The Morgan fingerprint density at radius 2 is 1.91 bits per heavy atom. The van der Waals surface area contributed by atoms with Gasteiger partial charge in [0.25, 0.3) is 0 Å². The van der Waals surface area contributed by atoms with Gasteiger partial charge in [0.2, 0.25) is 5.91 Å². The van der Waals surface area contributed by atoms with Crippen molar-refractivity contribution >= 4 is 11.7 Å². The number of pyridine rings is 1. The van der Waals surface area contributed by atoms with Gasteiger partial charge in [-0.05, 0) is 23.0 Å². The Bertz CT molecular complexity index is 700. The Kier molecular flexibility index (Phi) is 3.09. The molecule has 1 amide bonds. The molecule has 116 valence electrons. The summed E-state index contributed by atoms with van der Waals surface area (Å²) in [6.45, 7) is 8.51. The van der Waals surface area contributed by atoms with E-state index < -0.39 is 0 Å².